The van der Waals surface area contributed by atoms with Crippen molar-refractivity contribution >= 4 is 5.97 Å². The highest BCUT2D eigenvalue weighted by molar-refractivity contribution is 5.87. The topological polar surface area (TPSA) is 77.2 Å². The van der Waals surface area contributed by atoms with Crippen LogP contribution in [-0.4, -0.2) is 25.8 Å². The predicted molar refractivity (Wildman–Crippen MR) is 72.6 cm³/mol. The molecule has 0 spiro atoms. The maximum absolute atomic E-state index is 10.9. The first kappa shape index (κ1) is 14.0. The fourth-order valence-corrected chi connectivity index (χ4v) is 1.77. The van der Waals surface area contributed by atoms with Crippen LogP contribution in [0.2, 0.25) is 0 Å². The molecule has 0 saturated carbocycles. The van der Waals surface area contributed by atoms with Crippen molar-refractivity contribution < 1.29 is 14.6 Å². The predicted octanol–water partition coefficient (Wildman–Crippen LogP) is 2.21. The molecule has 0 atom stereocenters. The first-order valence-corrected chi connectivity index (χ1v) is 6.39. The molecule has 2 rings (SSSR count). The second-order valence-electron chi connectivity index (χ2n) is 4.87. The first-order chi connectivity index (χ1) is 9.56. The number of hydrogen-bond acceptors (Lipinski definition) is 4. The maximum Gasteiger partial charge on any atom is 0.335 e. The van der Waals surface area contributed by atoms with E-state index in [4.69, 9.17) is 9.84 Å². The van der Waals surface area contributed by atoms with Crippen LogP contribution in [-0.2, 0) is 13.2 Å². The molecular formula is C14H17N3O3. The summed E-state index contributed by atoms with van der Waals surface area (Å²) in [6.07, 6.45) is 1.49. The van der Waals surface area contributed by atoms with Gasteiger partial charge in [0.15, 0.2) is 5.82 Å². The number of carboxylic acids is 1. The van der Waals surface area contributed by atoms with Crippen LogP contribution in [0.5, 0.6) is 5.75 Å². The van der Waals surface area contributed by atoms with Crippen LogP contribution in [0.15, 0.2) is 30.6 Å². The van der Waals surface area contributed by atoms with Crippen LogP contribution in [0.3, 0.4) is 0 Å². The Hall–Kier alpha value is -2.37. The molecule has 0 aliphatic heterocycles. The highest BCUT2D eigenvalue weighted by Crippen LogP contribution is 2.15. The van der Waals surface area contributed by atoms with Crippen molar-refractivity contribution in [3.05, 3.63) is 42.0 Å². The summed E-state index contributed by atoms with van der Waals surface area (Å²) in [7, 11) is 0. The van der Waals surface area contributed by atoms with E-state index in [0.717, 1.165) is 12.4 Å². The van der Waals surface area contributed by atoms with E-state index in [1.54, 1.807) is 16.8 Å². The van der Waals surface area contributed by atoms with E-state index in [1.165, 1.54) is 18.5 Å². The van der Waals surface area contributed by atoms with E-state index in [-0.39, 0.29) is 12.2 Å². The Balaban J connectivity index is 2.03. The Morgan fingerprint density at radius 1 is 1.45 bits per heavy atom. The number of hydrogen-bond donors (Lipinski definition) is 1. The molecule has 20 heavy (non-hydrogen) atoms. The van der Waals surface area contributed by atoms with Gasteiger partial charge >= 0.3 is 5.97 Å². The van der Waals surface area contributed by atoms with Crippen molar-refractivity contribution in [2.24, 2.45) is 5.92 Å². The molecule has 0 saturated heterocycles. The Morgan fingerprint density at radius 3 is 2.95 bits per heavy atom. The van der Waals surface area contributed by atoms with Crippen molar-refractivity contribution in [2.45, 2.75) is 27.0 Å². The molecule has 106 valence electrons. The summed E-state index contributed by atoms with van der Waals surface area (Å²) in [5.41, 5.74) is 0.200. The van der Waals surface area contributed by atoms with Crippen LogP contribution in [0.1, 0.15) is 30.0 Å². The van der Waals surface area contributed by atoms with E-state index >= 15 is 0 Å². The number of carboxylic acid groups (broad SMARTS) is 1. The van der Waals surface area contributed by atoms with Crippen molar-refractivity contribution in [2.75, 3.05) is 0 Å². The van der Waals surface area contributed by atoms with Gasteiger partial charge in [0.1, 0.15) is 18.7 Å². The summed E-state index contributed by atoms with van der Waals surface area (Å²) in [5, 5.41) is 13.1. The van der Waals surface area contributed by atoms with Crippen LogP contribution in [0.4, 0.5) is 0 Å². The number of aromatic carboxylic acids is 1. The molecule has 1 aromatic heterocycles. The first-order valence-electron chi connectivity index (χ1n) is 6.39. The molecule has 0 radical (unpaired) electrons. The standard InChI is InChI=1S/C14H17N3O3/c1-10(2)7-17-13(15-9-16-17)8-20-12-5-3-4-11(6-12)14(18)19/h3-6,9-10H,7-8H2,1-2H3,(H,18,19). The normalized spacial score (nSPS) is 10.8. The molecule has 0 bridgehead atoms. The van der Waals surface area contributed by atoms with Crippen molar-refractivity contribution in [3.63, 3.8) is 0 Å². The summed E-state index contributed by atoms with van der Waals surface area (Å²) in [4.78, 5) is 15.0. The lowest BCUT2D eigenvalue weighted by molar-refractivity contribution is 0.0696. The zero-order chi connectivity index (χ0) is 14.5. The van der Waals surface area contributed by atoms with Gasteiger partial charge in [0.2, 0.25) is 0 Å². The lowest BCUT2D eigenvalue weighted by Crippen LogP contribution is -2.12. The molecule has 0 aliphatic carbocycles. The van der Waals surface area contributed by atoms with E-state index < -0.39 is 5.97 Å². The summed E-state index contributed by atoms with van der Waals surface area (Å²) < 4.78 is 7.37. The fraction of sp³-hybridized carbons (Fsp3) is 0.357. The Morgan fingerprint density at radius 2 is 2.25 bits per heavy atom. The van der Waals surface area contributed by atoms with Gasteiger partial charge in [0.05, 0.1) is 5.56 Å². The third kappa shape index (κ3) is 3.57. The molecule has 0 aliphatic rings. The molecule has 0 amide bonds. The second kappa shape index (κ2) is 6.18. The fourth-order valence-electron chi connectivity index (χ4n) is 1.77. The number of carbonyl (C=O) groups is 1. The Bertz CT molecular complexity index is 593. The quantitative estimate of drug-likeness (QED) is 0.874. The van der Waals surface area contributed by atoms with Crippen LogP contribution in [0.25, 0.3) is 0 Å². The van der Waals surface area contributed by atoms with Gasteiger partial charge in [-0.2, -0.15) is 5.10 Å². The summed E-state index contributed by atoms with van der Waals surface area (Å²) >= 11 is 0. The lowest BCUT2D eigenvalue weighted by Gasteiger charge is -2.10. The number of aromatic nitrogens is 3. The van der Waals surface area contributed by atoms with Gasteiger partial charge in [0, 0.05) is 6.54 Å². The van der Waals surface area contributed by atoms with Gasteiger partial charge in [-0.25, -0.2) is 14.5 Å². The molecule has 2 aromatic rings. The maximum atomic E-state index is 10.9. The number of nitrogens with zero attached hydrogens (tertiary/aromatic N) is 3. The highest BCUT2D eigenvalue weighted by atomic mass is 16.5. The third-order valence-corrected chi connectivity index (χ3v) is 2.68. The summed E-state index contributed by atoms with van der Waals surface area (Å²) in [6.45, 7) is 5.23. The molecule has 0 fully saturated rings. The minimum Gasteiger partial charge on any atom is -0.486 e. The second-order valence-corrected chi connectivity index (χ2v) is 4.87. The van der Waals surface area contributed by atoms with E-state index in [1.807, 2.05) is 0 Å². The molecule has 0 unspecified atom stereocenters. The van der Waals surface area contributed by atoms with Gasteiger partial charge in [-0.3, -0.25) is 0 Å². The largest absolute Gasteiger partial charge is 0.486 e. The van der Waals surface area contributed by atoms with Gasteiger partial charge in [-0.1, -0.05) is 19.9 Å². The number of benzene rings is 1. The minimum absolute atomic E-state index is 0.200. The summed E-state index contributed by atoms with van der Waals surface area (Å²) in [5.74, 6) is 0.715. The van der Waals surface area contributed by atoms with Gasteiger partial charge in [-0.05, 0) is 24.1 Å². The molecule has 1 N–H and O–H groups in total. The van der Waals surface area contributed by atoms with Gasteiger partial charge in [-0.15, -0.1) is 0 Å². The molecular weight excluding hydrogens is 258 g/mol. The average molecular weight is 275 g/mol. The van der Waals surface area contributed by atoms with Crippen molar-refractivity contribution in [3.8, 4) is 5.75 Å². The Labute approximate surface area is 117 Å². The number of ether oxygens (including phenoxy) is 1. The third-order valence-electron chi connectivity index (χ3n) is 2.68. The zero-order valence-electron chi connectivity index (χ0n) is 11.5. The van der Waals surface area contributed by atoms with E-state index in [0.29, 0.717) is 11.7 Å². The monoisotopic (exact) mass is 275 g/mol. The average Bonchev–Trinajstić information content (AvgIpc) is 2.83. The summed E-state index contributed by atoms with van der Waals surface area (Å²) in [6, 6.07) is 6.38. The number of rotatable bonds is 6. The van der Waals surface area contributed by atoms with Gasteiger partial charge < -0.3 is 9.84 Å². The van der Waals surface area contributed by atoms with Crippen LogP contribution in [0, 0.1) is 5.92 Å². The lowest BCUT2D eigenvalue weighted by atomic mass is 10.2. The zero-order valence-corrected chi connectivity index (χ0v) is 11.5. The van der Waals surface area contributed by atoms with Crippen molar-refractivity contribution in [1.82, 2.24) is 14.8 Å². The smallest absolute Gasteiger partial charge is 0.335 e. The van der Waals surface area contributed by atoms with Crippen molar-refractivity contribution in [1.29, 1.82) is 0 Å². The van der Waals surface area contributed by atoms with Gasteiger partial charge in [0.25, 0.3) is 0 Å². The van der Waals surface area contributed by atoms with Crippen LogP contribution < -0.4 is 4.74 Å². The molecule has 6 nitrogen and oxygen atoms in total. The van der Waals surface area contributed by atoms with E-state index in [2.05, 4.69) is 23.9 Å². The molecule has 1 aromatic carbocycles. The Kier molecular flexibility index (Phi) is 4.34. The highest BCUT2D eigenvalue weighted by Gasteiger charge is 2.08. The molecule has 1 heterocycles. The van der Waals surface area contributed by atoms with E-state index in [9.17, 15) is 4.79 Å². The minimum atomic E-state index is -0.974. The van der Waals surface area contributed by atoms with Crippen LogP contribution >= 0.6 is 0 Å². The molecule has 6 heteroatoms. The SMILES string of the molecule is CC(C)Cn1ncnc1COc1cccc(C(=O)O)c1.